The Balaban J connectivity index is 2.23. The van der Waals surface area contributed by atoms with E-state index in [2.05, 4.69) is 9.97 Å². The zero-order valence-electron chi connectivity index (χ0n) is 14.3. The minimum Gasteiger partial charge on any atom is -0.501 e. The summed E-state index contributed by atoms with van der Waals surface area (Å²) in [7, 11) is 0. The van der Waals surface area contributed by atoms with E-state index >= 15 is 0 Å². The molecular weight excluding hydrogens is 336 g/mol. The molecule has 0 aliphatic carbocycles. The van der Waals surface area contributed by atoms with Gasteiger partial charge >= 0.3 is 0 Å². The predicted octanol–water partition coefficient (Wildman–Crippen LogP) is 1.26. The topological polar surface area (TPSA) is 110 Å². The third-order valence-corrected chi connectivity index (χ3v) is 3.62. The molecule has 26 heavy (non-hydrogen) atoms. The summed E-state index contributed by atoms with van der Waals surface area (Å²) < 4.78 is 5.15. The Kier molecular flexibility index (Phi) is 7.13. The van der Waals surface area contributed by atoms with E-state index in [-0.39, 0.29) is 17.7 Å². The lowest BCUT2D eigenvalue weighted by molar-refractivity contribution is -0.126. The van der Waals surface area contributed by atoms with E-state index in [4.69, 9.17) is 9.84 Å². The van der Waals surface area contributed by atoms with Crippen LogP contribution < -0.4 is 0 Å². The number of pyridine rings is 2. The number of nitrogens with zero attached hydrogens (tertiary/aromatic N) is 2. The fourth-order valence-corrected chi connectivity index (χ4v) is 2.28. The van der Waals surface area contributed by atoms with Crippen molar-refractivity contribution in [2.24, 2.45) is 0 Å². The van der Waals surface area contributed by atoms with Crippen LogP contribution in [0, 0.1) is 0 Å². The lowest BCUT2D eigenvalue weighted by Gasteiger charge is -2.12. The van der Waals surface area contributed by atoms with E-state index < -0.39 is 24.3 Å². The number of ketones is 2. The highest BCUT2D eigenvalue weighted by atomic mass is 16.5. The van der Waals surface area contributed by atoms with Crippen LogP contribution in [0.3, 0.4) is 0 Å². The molecule has 1 unspecified atom stereocenters. The Morgan fingerprint density at radius 2 is 1.96 bits per heavy atom. The van der Waals surface area contributed by atoms with Crippen LogP contribution in [-0.4, -0.2) is 45.0 Å². The Morgan fingerprint density at radius 3 is 2.62 bits per heavy atom. The molecule has 0 bridgehead atoms. The maximum absolute atomic E-state index is 12.3. The molecule has 0 aliphatic heterocycles. The highest BCUT2D eigenvalue weighted by molar-refractivity contribution is 6.21. The van der Waals surface area contributed by atoms with Gasteiger partial charge in [0.25, 0.3) is 0 Å². The summed E-state index contributed by atoms with van der Waals surface area (Å²) in [5.41, 5.74) is 1.40. The third kappa shape index (κ3) is 5.05. The number of aromatic nitrogens is 2. The fraction of sp³-hybridized carbons (Fsp3) is 0.263. The van der Waals surface area contributed by atoms with Crippen molar-refractivity contribution in [1.29, 1.82) is 0 Å². The van der Waals surface area contributed by atoms with Gasteiger partial charge in [-0.15, -0.1) is 0 Å². The molecule has 136 valence electrons. The van der Waals surface area contributed by atoms with Crippen molar-refractivity contribution in [1.82, 2.24) is 9.97 Å². The van der Waals surface area contributed by atoms with Gasteiger partial charge in [-0.1, -0.05) is 0 Å². The first-order valence-corrected chi connectivity index (χ1v) is 8.08. The van der Waals surface area contributed by atoms with Crippen LogP contribution >= 0.6 is 0 Å². The van der Waals surface area contributed by atoms with E-state index in [0.717, 1.165) is 5.56 Å². The summed E-state index contributed by atoms with van der Waals surface area (Å²) in [5.74, 6) is -0.960. The average Bonchev–Trinajstić information content (AvgIpc) is 2.68. The summed E-state index contributed by atoms with van der Waals surface area (Å²) in [5, 5.41) is 19.4. The molecule has 2 rings (SSSR count). The van der Waals surface area contributed by atoms with Gasteiger partial charge < -0.3 is 14.9 Å². The molecule has 2 aromatic rings. The number of hydrogen-bond acceptors (Lipinski definition) is 7. The van der Waals surface area contributed by atoms with Crippen LogP contribution in [0.1, 0.15) is 29.8 Å². The highest BCUT2D eigenvalue weighted by Gasteiger charge is 2.21. The molecular formula is C19H20N2O5. The molecule has 2 N–H and O–H groups in total. The number of Topliss-reactive ketones (excluding diaryl/α,β-unsaturated/α-hetero) is 2. The second-order valence-corrected chi connectivity index (χ2v) is 5.44. The monoisotopic (exact) mass is 356 g/mol. The molecule has 2 aromatic heterocycles. The standard InChI is InChI=1S/C19H20N2O5/c1-2-26-12-15(18(24)11-22)14-5-8-21-16(10-14)19(25)17(23)9-13-3-6-20-7-4-13/h3-8,10,12,19,22,25H,2,9,11H2,1H3. The number of carbonyl (C=O) groups excluding carboxylic acids is 2. The number of rotatable bonds is 9. The summed E-state index contributed by atoms with van der Waals surface area (Å²) >= 11 is 0. The maximum atomic E-state index is 12.3. The summed E-state index contributed by atoms with van der Waals surface area (Å²) in [4.78, 5) is 32.1. The van der Waals surface area contributed by atoms with E-state index in [1.165, 1.54) is 18.5 Å². The molecule has 0 saturated carbocycles. The normalized spacial score (nSPS) is 12.5. The molecule has 0 aromatic carbocycles. The molecule has 2 heterocycles. The number of aliphatic hydroxyl groups is 2. The lowest BCUT2D eigenvalue weighted by atomic mass is 9.99. The molecule has 7 nitrogen and oxygen atoms in total. The fourth-order valence-electron chi connectivity index (χ4n) is 2.28. The maximum Gasteiger partial charge on any atom is 0.191 e. The Morgan fingerprint density at radius 1 is 1.23 bits per heavy atom. The van der Waals surface area contributed by atoms with Crippen LogP contribution in [0.2, 0.25) is 0 Å². The molecule has 0 spiro atoms. The van der Waals surface area contributed by atoms with Crippen molar-refractivity contribution in [3.05, 3.63) is 65.9 Å². The van der Waals surface area contributed by atoms with Crippen LogP contribution in [0.25, 0.3) is 5.57 Å². The van der Waals surface area contributed by atoms with Gasteiger partial charge in [0.2, 0.25) is 0 Å². The number of ether oxygens (including phenoxy) is 1. The minimum absolute atomic E-state index is 0.0345. The first kappa shape index (κ1) is 19.4. The molecule has 0 fully saturated rings. The van der Waals surface area contributed by atoms with Crippen LogP contribution in [0.5, 0.6) is 0 Å². The Hall–Kier alpha value is -2.90. The van der Waals surface area contributed by atoms with Crippen LogP contribution in [-0.2, 0) is 20.7 Å². The summed E-state index contributed by atoms with van der Waals surface area (Å²) in [6.07, 6.45) is 4.38. The van der Waals surface area contributed by atoms with Crippen LogP contribution in [0.15, 0.2) is 49.1 Å². The second kappa shape index (κ2) is 9.55. The molecule has 0 amide bonds. The van der Waals surface area contributed by atoms with Gasteiger partial charge in [-0.3, -0.25) is 19.6 Å². The third-order valence-electron chi connectivity index (χ3n) is 3.62. The van der Waals surface area contributed by atoms with E-state index in [9.17, 15) is 14.7 Å². The van der Waals surface area contributed by atoms with Crippen molar-refractivity contribution >= 4 is 17.1 Å². The van der Waals surface area contributed by atoms with Crippen LogP contribution in [0.4, 0.5) is 0 Å². The van der Waals surface area contributed by atoms with Gasteiger partial charge in [0.05, 0.1) is 24.1 Å². The SMILES string of the molecule is CCOC=C(C(=O)CO)c1ccnc(C(O)C(=O)Cc2ccncc2)c1. The van der Waals surface area contributed by atoms with Gasteiger partial charge in [0.1, 0.15) is 6.61 Å². The molecule has 0 radical (unpaired) electrons. The van der Waals surface area contributed by atoms with Crippen molar-refractivity contribution < 1.29 is 24.5 Å². The van der Waals surface area contributed by atoms with Gasteiger partial charge in [0, 0.05) is 25.0 Å². The van der Waals surface area contributed by atoms with E-state index in [0.29, 0.717) is 12.2 Å². The molecule has 7 heteroatoms. The van der Waals surface area contributed by atoms with Crippen molar-refractivity contribution in [2.45, 2.75) is 19.4 Å². The number of aliphatic hydroxyl groups excluding tert-OH is 2. The quantitative estimate of drug-likeness (QED) is 0.514. The smallest absolute Gasteiger partial charge is 0.191 e. The first-order valence-electron chi connectivity index (χ1n) is 8.08. The average molecular weight is 356 g/mol. The van der Waals surface area contributed by atoms with Gasteiger partial charge in [-0.25, -0.2) is 0 Å². The molecule has 0 aliphatic rings. The largest absolute Gasteiger partial charge is 0.501 e. The summed E-state index contributed by atoms with van der Waals surface area (Å²) in [6, 6.07) is 6.37. The molecule has 1 atom stereocenters. The number of carbonyl (C=O) groups is 2. The minimum atomic E-state index is -1.43. The predicted molar refractivity (Wildman–Crippen MR) is 93.8 cm³/mol. The molecule has 0 saturated heterocycles. The van der Waals surface area contributed by atoms with Gasteiger partial charge in [0.15, 0.2) is 17.7 Å². The first-order chi connectivity index (χ1) is 12.6. The highest BCUT2D eigenvalue weighted by Crippen LogP contribution is 2.21. The van der Waals surface area contributed by atoms with Crippen molar-refractivity contribution in [3.63, 3.8) is 0 Å². The van der Waals surface area contributed by atoms with Gasteiger partial charge in [-0.05, 0) is 42.3 Å². The second-order valence-electron chi connectivity index (χ2n) is 5.44. The van der Waals surface area contributed by atoms with Crippen molar-refractivity contribution in [3.8, 4) is 0 Å². The Bertz CT molecular complexity index is 790. The van der Waals surface area contributed by atoms with E-state index in [1.807, 2.05) is 0 Å². The van der Waals surface area contributed by atoms with E-state index in [1.54, 1.807) is 37.5 Å². The lowest BCUT2D eigenvalue weighted by Crippen LogP contribution is -2.16. The Labute approximate surface area is 151 Å². The van der Waals surface area contributed by atoms with Crippen molar-refractivity contribution in [2.75, 3.05) is 13.2 Å². The zero-order valence-corrected chi connectivity index (χ0v) is 14.3. The zero-order chi connectivity index (χ0) is 18.9. The van der Waals surface area contributed by atoms with Gasteiger partial charge in [-0.2, -0.15) is 0 Å². The number of hydrogen-bond donors (Lipinski definition) is 2. The summed E-state index contributed by atoms with van der Waals surface area (Å²) in [6.45, 7) is 1.43.